The second-order valence-corrected chi connectivity index (χ2v) is 5.54. The zero-order valence-corrected chi connectivity index (χ0v) is 10.8. The van der Waals surface area contributed by atoms with E-state index < -0.39 is 0 Å². The summed E-state index contributed by atoms with van der Waals surface area (Å²) in [5.41, 5.74) is 0.271. The molecule has 1 saturated heterocycles. The van der Waals surface area contributed by atoms with Crippen LogP contribution in [0.5, 0.6) is 0 Å². The highest BCUT2D eigenvalue weighted by Gasteiger charge is 2.38. The molecule has 0 spiro atoms. The Kier molecular flexibility index (Phi) is 3.40. The van der Waals surface area contributed by atoms with Gasteiger partial charge in [0.2, 0.25) is 11.8 Å². The predicted molar refractivity (Wildman–Crippen MR) is 65.4 cm³/mol. The first-order chi connectivity index (χ1) is 8.06. The molecule has 1 saturated carbocycles. The molecule has 4 heteroatoms. The van der Waals surface area contributed by atoms with Gasteiger partial charge in [-0.05, 0) is 31.6 Å². The quantitative estimate of drug-likeness (QED) is 0.805. The van der Waals surface area contributed by atoms with Crippen molar-refractivity contribution in [1.82, 2.24) is 10.2 Å². The summed E-state index contributed by atoms with van der Waals surface area (Å²) in [5, 5.41) is 2.68. The molecule has 2 fully saturated rings. The lowest BCUT2D eigenvalue weighted by Gasteiger charge is -2.38. The SMILES string of the molecule is CCC1(CN2CC(=O)NC(C)C2=O)CCCC1. The molecule has 0 aromatic carbocycles. The molecule has 0 radical (unpaired) electrons. The number of amides is 2. The number of rotatable bonds is 3. The maximum Gasteiger partial charge on any atom is 0.245 e. The van der Waals surface area contributed by atoms with E-state index in [1.807, 2.05) is 0 Å². The van der Waals surface area contributed by atoms with Gasteiger partial charge in [-0.15, -0.1) is 0 Å². The lowest BCUT2D eigenvalue weighted by molar-refractivity contribution is -0.145. The first-order valence-electron chi connectivity index (χ1n) is 6.64. The Labute approximate surface area is 103 Å². The molecule has 0 aromatic rings. The Bertz CT molecular complexity index is 321. The lowest BCUT2D eigenvalue weighted by atomic mass is 9.82. The highest BCUT2D eigenvalue weighted by molar-refractivity contribution is 5.94. The van der Waals surface area contributed by atoms with E-state index in [2.05, 4.69) is 12.2 Å². The maximum atomic E-state index is 12.0. The summed E-state index contributed by atoms with van der Waals surface area (Å²) >= 11 is 0. The fraction of sp³-hybridized carbons (Fsp3) is 0.846. The number of nitrogens with one attached hydrogen (secondary N) is 1. The molecular formula is C13H22N2O2. The van der Waals surface area contributed by atoms with Crippen LogP contribution in [0.1, 0.15) is 46.0 Å². The minimum absolute atomic E-state index is 0.0265. The summed E-state index contributed by atoms with van der Waals surface area (Å²) in [5.74, 6) is 0.0469. The van der Waals surface area contributed by atoms with Crippen LogP contribution in [-0.2, 0) is 9.59 Å². The van der Waals surface area contributed by atoms with Gasteiger partial charge in [0.15, 0.2) is 0 Å². The van der Waals surface area contributed by atoms with Crippen molar-refractivity contribution in [2.75, 3.05) is 13.1 Å². The van der Waals surface area contributed by atoms with E-state index in [4.69, 9.17) is 0 Å². The van der Waals surface area contributed by atoms with E-state index >= 15 is 0 Å². The summed E-state index contributed by atoms with van der Waals surface area (Å²) < 4.78 is 0. The van der Waals surface area contributed by atoms with Crippen molar-refractivity contribution >= 4 is 11.8 Å². The fourth-order valence-electron chi connectivity index (χ4n) is 3.16. The van der Waals surface area contributed by atoms with Crippen LogP contribution in [0.4, 0.5) is 0 Å². The first kappa shape index (κ1) is 12.4. The number of hydrogen-bond donors (Lipinski definition) is 1. The molecular weight excluding hydrogens is 216 g/mol. The minimum atomic E-state index is -0.355. The van der Waals surface area contributed by atoms with Crippen molar-refractivity contribution in [2.45, 2.75) is 52.0 Å². The number of carbonyl (C=O) groups excluding carboxylic acids is 2. The van der Waals surface area contributed by atoms with Gasteiger partial charge >= 0.3 is 0 Å². The standard InChI is InChI=1S/C13H22N2O2/c1-3-13(6-4-5-7-13)9-15-8-11(16)14-10(2)12(15)17/h10H,3-9H2,1-2H3,(H,14,16). The first-order valence-corrected chi connectivity index (χ1v) is 6.64. The molecule has 2 aliphatic rings. The molecule has 96 valence electrons. The molecule has 1 atom stereocenters. The van der Waals surface area contributed by atoms with Crippen molar-refractivity contribution in [2.24, 2.45) is 5.41 Å². The van der Waals surface area contributed by atoms with Crippen molar-refractivity contribution in [3.8, 4) is 0 Å². The highest BCUT2D eigenvalue weighted by atomic mass is 16.2. The van der Waals surface area contributed by atoms with Crippen LogP contribution in [0.25, 0.3) is 0 Å². The van der Waals surface area contributed by atoms with Gasteiger partial charge in [0.1, 0.15) is 6.04 Å². The van der Waals surface area contributed by atoms with Crippen LogP contribution in [0.3, 0.4) is 0 Å². The summed E-state index contributed by atoms with van der Waals surface area (Å²) in [4.78, 5) is 25.3. The summed E-state index contributed by atoms with van der Waals surface area (Å²) in [6.07, 6.45) is 6.02. The molecule has 17 heavy (non-hydrogen) atoms. The van der Waals surface area contributed by atoms with Gasteiger partial charge in [-0.3, -0.25) is 9.59 Å². The molecule has 1 aliphatic heterocycles. The molecule has 1 N–H and O–H groups in total. The van der Waals surface area contributed by atoms with E-state index in [9.17, 15) is 9.59 Å². The smallest absolute Gasteiger partial charge is 0.245 e. The second kappa shape index (κ2) is 4.67. The fourth-order valence-corrected chi connectivity index (χ4v) is 3.16. The van der Waals surface area contributed by atoms with Gasteiger partial charge in [-0.2, -0.15) is 0 Å². The van der Waals surface area contributed by atoms with Crippen molar-refractivity contribution < 1.29 is 9.59 Å². The van der Waals surface area contributed by atoms with Crippen molar-refractivity contribution in [3.05, 3.63) is 0 Å². The molecule has 4 nitrogen and oxygen atoms in total. The number of nitrogens with zero attached hydrogens (tertiary/aromatic N) is 1. The second-order valence-electron chi connectivity index (χ2n) is 5.54. The lowest BCUT2D eigenvalue weighted by Crippen LogP contribution is -2.58. The Morgan fingerprint density at radius 3 is 2.59 bits per heavy atom. The topological polar surface area (TPSA) is 49.4 Å². The van der Waals surface area contributed by atoms with E-state index in [0.717, 1.165) is 13.0 Å². The van der Waals surface area contributed by atoms with E-state index in [1.165, 1.54) is 25.7 Å². The predicted octanol–water partition coefficient (Wildman–Crippen LogP) is 1.30. The van der Waals surface area contributed by atoms with Gasteiger partial charge in [0.25, 0.3) is 0 Å². The van der Waals surface area contributed by atoms with Crippen LogP contribution in [0, 0.1) is 5.41 Å². The van der Waals surface area contributed by atoms with Gasteiger partial charge in [-0.25, -0.2) is 0 Å². The number of hydrogen-bond acceptors (Lipinski definition) is 2. The van der Waals surface area contributed by atoms with Crippen molar-refractivity contribution in [3.63, 3.8) is 0 Å². The largest absolute Gasteiger partial charge is 0.343 e. The van der Waals surface area contributed by atoms with E-state index in [0.29, 0.717) is 0 Å². The minimum Gasteiger partial charge on any atom is -0.343 e. The van der Waals surface area contributed by atoms with Crippen LogP contribution < -0.4 is 5.32 Å². The molecule has 0 bridgehead atoms. The van der Waals surface area contributed by atoms with Crippen LogP contribution in [0.15, 0.2) is 0 Å². The molecule has 2 rings (SSSR count). The molecule has 0 aromatic heterocycles. The normalized spacial score (nSPS) is 28.4. The van der Waals surface area contributed by atoms with E-state index in [-0.39, 0.29) is 29.8 Å². The zero-order chi connectivity index (χ0) is 12.5. The average Bonchev–Trinajstić information content (AvgIpc) is 2.74. The Hall–Kier alpha value is -1.06. The molecule has 1 unspecified atom stereocenters. The zero-order valence-electron chi connectivity index (χ0n) is 10.8. The Balaban J connectivity index is 2.06. The van der Waals surface area contributed by atoms with Gasteiger partial charge < -0.3 is 10.2 Å². The summed E-state index contributed by atoms with van der Waals surface area (Å²) in [6.45, 7) is 4.97. The van der Waals surface area contributed by atoms with Crippen LogP contribution >= 0.6 is 0 Å². The third kappa shape index (κ3) is 2.45. The Morgan fingerprint density at radius 1 is 1.35 bits per heavy atom. The monoisotopic (exact) mass is 238 g/mol. The van der Waals surface area contributed by atoms with E-state index in [1.54, 1.807) is 11.8 Å². The average molecular weight is 238 g/mol. The third-order valence-electron chi connectivity index (χ3n) is 4.33. The third-order valence-corrected chi connectivity index (χ3v) is 4.33. The van der Waals surface area contributed by atoms with Crippen LogP contribution in [0.2, 0.25) is 0 Å². The van der Waals surface area contributed by atoms with Gasteiger partial charge in [-0.1, -0.05) is 19.8 Å². The Morgan fingerprint density at radius 2 is 2.00 bits per heavy atom. The maximum absolute atomic E-state index is 12.0. The summed E-state index contributed by atoms with van der Waals surface area (Å²) in [7, 11) is 0. The number of carbonyl (C=O) groups is 2. The highest BCUT2D eigenvalue weighted by Crippen LogP contribution is 2.41. The van der Waals surface area contributed by atoms with Gasteiger partial charge in [0, 0.05) is 6.54 Å². The summed E-state index contributed by atoms with van der Waals surface area (Å²) in [6, 6.07) is -0.355. The molecule has 2 amide bonds. The number of piperazine rings is 1. The van der Waals surface area contributed by atoms with Gasteiger partial charge in [0.05, 0.1) is 6.54 Å². The van der Waals surface area contributed by atoms with Crippen molar-refractivity contribution in [1.29, 1.82) is 0 Å². The molecule has 1 aliphatic carbocycles. The van der Waals surface area contributed by atoms with Crippen LogP contribution in [-0.4, -0.2) is 35.8 Å². The molecule has 1 heterocycles.